The molecule has 7 heteroatoms. The van der Waals surface area contributed by atoms with Gasteiger partial charge in [-0.3, -0.25) is 19.6 Å². The van der Waals surface area contributed by atoms with Crippen molar-refractivity contribution in [3.05, 3.63) is 59.7 Å². The molecule has 0 spiro atoms. The Morgan fingerprint density at radius 1 is 0.963 bits per heavy atom. The summed E-state index contributed by atoms with van der Waals surface area (Å²) >= 11 is 0. The van der Waals surface area contributed by atoms with Gasteiger partial charge in [0.05, 0.1) is 0 Å². The molecule has 1 atom stereocenters. The molecule has 0 unspecified atom stereocenters. The van der Waals surface area contributed by atoms with Gasteiger partial charge < -0.3 is 10.4 Å². The van der Waals surface area contributed by atoms with E-state index in [1.807, 2.05) is 12.1 Å². The zero-order valence-corrected chi connectivity index (χ0v) is 14.9. The van der Waals surface area contributed by atoms with Crippen LogP contribution in [0, 0.1) is 0 Å². The second-order valence-electron chi connectivity index (χ2n) is 6.06. The predicted octanol–water partition coefficient (Wildman–Crippen LogP) is 2.38. The molecule has 2 amide bonds. The lowest BCUT2D eigenvalue weighted by Crippen LogP contribution is -2.46. The fourth-order valence-corrected chi connectivity index (χ4v) is 2.60. The van der Waals surface area contributed by atoms with E-state index < -0.39 is 23.8 Å². The molecule has 27 heavy (non-hydrogen) atoms. The average Bonchev–Trinajstić information content (AvgIpc) is 2.70. The molecular formula is C20H22N2O5. The summed E-state index contributed by atoms with van der Waals surface area (Å²) < 4.78 is 0. The van der Waals surface area contributed by atoms with Crippen molar-refractivity contribution >= 4 is 17.8 Å². The molecule has 142 valence electrons. The summed E-state index contributed by atoms with van der Waals surface area (Å²) in [6.45, 7) is 2.09. The van der Waals surface area contributed by atoms with Gasteiger partial charge in [-0.15, -0.1) is 0 Å². The SMILES string of the molecule is CCc1ccc(-c2ccc(C(=O)N[C@H](CCC(=O)O)C(=O)NO)cc2)cc1. The second kappa shape index (κ2) is 9.49. The van der Waals surface area contributed by atoms with Crippen LogP contribution in [0.4, 0.5) is 0 Å². The number of nitrogens with one attached hydrogen (secondary N) is 2. The maximum absolute atomic E-state index is 12.3. The number of hydroxylamine groups is 1. The Balaban J connectivity index is 2.08. The van der Waals surface area contributed by atoms with E-state index >= 15 is 0 Å². The summed E-state index contributed by atoms with van der Waals surface area (Å²) in [4.78, 5) is 34.6. The van der Waals surface area contributed by atoms with Crippen LogP contribution in [-0.4, -0.2) is 34.1 Å². The summed E-state index contributed by atoms with van der Waals surface area (Å²) in [6.07, 6.45) is 0.518. The highest BCUT2D eigenvalue weighted by molar-refractivity contribution is 5.97. The zero-order chi connectivity index (χ0) is 19.8. The first-order valence-corrected chi connectivity index (χ1v) is 8.60. The minimum absolute atomic E-state index is 0.130. The molecule has 2 aromatic carbocycles. The Kier molecular flexibility index (Phi) is 7.08. The first kappa shape index (κ1) is 20.1. The Morgan fingerprint density at radius 3 is 2.00 bits per heavy atom. The number of carboxylic acids is 1. The van der Waals surface area contributed by atoms with Crippen LogP contribution in [0.3, 0.4) is 0 Å². The molecule has 2 rings (SSSR count). The molecule has 0 fully saturated rings. The van der Waals surface area contributed by atoms with Crippen molar-refractivity contribution in [3.63, 3.8) is 0 Å². The quantitative estimate of drug-likeness (QED) is 0.421. The predicted molar refractivity (Wildman–Crippen MR) is 99.3 cm³/mol. The summed E-state index contributed by atoms with van der Waals surface area (Å²) in [5.74, 6) is -2.49. The van der Waals surface area contributed by atoms with Crippen LogP contribution in [0.15, 0.2) is 48.5 Å². The summed E-state index contributed by atoms with van der Waals surface area (Å²) in [5.41, 5.74) is 4.98. The number of hydrogen-bond acceptors (Lipinski definition) is 4. The molecule has 0 bridgehead atoms. The van der Waals surface area contributed by atoms with Crippen LogP contribution in [0.1, 0.15) is 35.7 Å². The number of carbonyl (C=O) groups excluding carboxylic acids is 2. The van der Waals surface area contributed by atoms with Gasteiger partial charge in [0, 0.05) is 12.0 Å². The Bertz CT molecular complexity index is 800. The van der Waals surface area contributed by atoms with Crippen LogP contribution in [0.2, 0.25) is 0 Å². The van der Waals surface area contributed by atoms with Crippen LogP contribution in [-0.2, 0) is 16.0 Å². The van der Waals surface area contributed by atoms with Gasteiger partial charge in [0.2, 0.25) is 0 Å². The molecule has 0 radical (unpaired) electrons. The molecule has 0 saturated carbocycles. The largest absolute Gasteiger partial charge is 0.481 e. The average molecular weight is 370 g/mol. The lowest BCUT2D eigenvalue weighted by molar-refractivity contribution is -0.137. The highest BCUT2D eigenvalue weighted by atomic mass is 16.5. The number of aliphatic carboxylic acids is 1. The molecule has 7 nitrogen and oxygen atoms in total. The Labute approximate surface area is 157 Å². The molecule has 0 aliphatic carbocycles. The van der Waals surface area contributed by atoms with Crippen molar-refractivity contribution in [3.8, 4) is 11.1 Å². The van der Waals surface area contributed by atoms with Gasteiger partial charge in [-0.2, -0.15) is 0 Å². The van der Waals surface area contributed by atoms with Gasteiger partial charge in [-0.25, -0.2) is 5.48 Å². The Hall–Kier alpha value is -3.19. The van der Waals surface area contributed by atoms with E-state index in [2.05, 4.69) is 24.4 Å². The van der Waals surface area contributed by atoms with Crippen molar-refractivity contribution in [2.45, 2.75) is 32.2 Å². The zero-order valence-electron chi connectivity index (χ0n) is 14.9. The minimum Gasteiger partial charge on any atom is -0.481 e. The van der Waals surface area contributed by atoms with Crippen molar-refractivity contribution < 1.29 is 24.7 Å². The standard InChI is InChI=1S/C20H22N2O5/c1-2-13-3-5-14(6-4-13)15-7-9-16(10-8-15)19(25)21-17(20(26)22-27)11-12-18(23)24/h3-10,17,27H,2,11-12H2,1H3,(H,21,25)(H,22,26)(H,23,24)/t17-/m1/s1. The molecule has 0 saturated heterocycles. The minimum atomic E-state index is -1.14. The topological polar surface area (TPSA) is 116 Å². The van der Waals surface area contributed by atoms with Crippen molar-refractivity contribution in [1.82, 2.24) is 10.8 Å². The van der Waals surface area contributed by atoms with Crippen LogP contribution < -0.4 is 10.8 Å². The lowest BCUT2D eigenvalue weighted by atomic mass is 10.0. The third-order valence-corrected chi connectivity index (χ3v) is 4.22. The summed E-state index contributed by atoms with van der Waals surface area (Å²) in [7, 11) is 0. The van der Waals surface area contributed by atoms with Gasteiger partial charge in [-0.1, -0.05) is 43.3 Å². The fraction of sp³-hybridized carbons (Fsp3) is 0.250. The van der Waals surface area contributed by atoms with E-state index in [0.29, 0.717) is 5.56 Å². The monoisotopic (exact) mass is 370 g/mol. The van der Waals surface area contributed by atoms with Crippen molar-refractivity contribution in [1.29, 1.82) is 0 Å². The Morgan fingerprint density at radius 2 is 1.52 bits per heavy atom. The first-order chi connectivity index (χ1) is 12.9. The smallest absolute Gasteiger partial charge is 0.303 e. The highest BCUT2D eigenvalue weighted by Crippen LogP contribution is 2.20. The third kappa shape index (κ3) is 5.65. The molecule has 4 N–H and O–H groups in total. The van der Waals surface area contributed by atoms with Crippen molar-refractivity contribution in [2.75, 3.05) is 0 Å². The first-order valence-electron chi connectivity index (χ1n) is 8.60. The highest BCUT2D eigenvalue weighted by Gasteiger charge is 2.22. The normalized spacial score (nSPS) is 11.5. The summed E-state index contributed by atoms with van der Waals surface area (Å²) in [5, 5.41) is 19.9. The summed E-state index contributed by atoms with van der Waals surface area (Å²) in [6, 6.07) is 13.9. The van der Waals surface area contributed by atoms with E-state index in [1.165, 1.54) is 11.0 Å². The fourth-order valence-electron chi connectivity index (χ4n) is 2.60. The number of aryl methyl sites for hydroxylation is 1. The van der Waals surface area contributed by atoms with Crippen LogP contribution in [0.5, 0.6) is 0 Å². The molecule has 0 heterocycles. The lowest BCUT2D eigenvalue weighted by Gasteiger charge is -2.16. The molecular weight excluding hydrogens is 348 g/mol. The number of carboxylic acid groups (broad SMARTS) is 1. The number of benzene rings is 2. The van der Waals surface area contributed by atoms with Gasteiger partial charge >= 0.3 is 5.97 Å². The van der Waals surface area contributed by atoms with Gasteiger partial charge in [0.15, 0.2) is 0 Å². The van der Waals surface area contributed by atoms with Gasteiger partial charge in [0.25, 0.3) is 11.8 Å². The molecule has 0 aromatic heterocycles. The van der Waals surface area contributed by atoms with Gasteiger partial charge in [-0.05, 0) is 41.7 Å². The second-order valence-corrected chi connectivity index (χ2v) is 6.06. The number of rotatable bonds is 8. The van der Waals surface area contributed by atoms with E-state index in [-0.39, 0.29) is 12.8 Å². The maximum atomic E-state index is 12.3. The van der Waals surface area contributed by atoms with E-state index in [9.17, 15) is 14.4 Å². The molecule has 0 aliphatic heterocycles. The maximum Gasteiger partial charge on any atom is 0.303 e. The number of carbonyl (C=O) groups is 3. The van der Waals surface area contributed by atoms with Gasteiger partial charge in [0.1, 0.15) is 6.04 Å². The van der Waals surface area contributed by atoms with E-state index in [4.69, 9.17) is 10.3 Å². The molecule has 0 aliphatic rings. The number of hydrogen-bond donors (Lipinski definition) is 4. The number of amides is 2. The van der Waals surface area contributed by atoms with E-state index in [1.54, 1.807) is 24.3 Å². The van der Waals surface area contributed by atoms with Crippen molar-refractivity contribution in [2.24, 2.45) is 0 Å². The molecule has 2 aromatic rings. The third-order valence-electron chi connectivity index (χ3n) is 4.22. The van der Waals surface area contributed by atoms with Crippen LogP contribution >= 0.6 is 0 Å². The van der Waals surface area contributed by atoms with Crippen LogP contribution in [0.25, 0.3) is 11.1 Å². The van der Waals surface area contributed by atoms with E-state index in [0.717, 1.165) is 17.5 Å².